The molecule has 1 N–H and O–H groups in total. The summed E-state index contributed by atoms with van der Waals surface area (Å²) in [4.78, 5) is 12.3. The summed E-state index contributed by atoms with van der Waals surface area (Å²) in [5.41, 5.74) is 1.55. The first-order valence-electron chi connectivity index (χ1n) is 7.39. The van der Waals surface area contributed by atoms with Crippen LogP contribution in [0.25, 0.3) is 17.2 Å². The summed E-state index contributed by atoms with van der Waals surface area (Å²) < 4.78 is 38.1. The van der Waals surface area contributed by atoms with Gasteiger partial charge in [0.05, 0.1) is 19.1 Å². The van der Waals surface area contributed by atoms with E-state index in [1.54, 1.807) is 18.2 Å². The molecule has 4 nitrogen and oxygen atoms in total. The van der Waals surface area contributed by atoms with Crippen LogP contribution in [0.1, 0.15) is 5.56 Å². The van der Waals surface area contributed by atoms with Gasteiger partial charge in [0.25, 0.3) is 5.91 Å². The van der Waals surface area contributed by atoms with Crippen molar-refractivity contribution in [1.82, 2.24) is 5.32 Å². The maximum Gasteiger partial charge on any atom is 0.263 e. The van der Waals surface area contributed by atoms with Gasteiger partial charge in [-0.3, -0.25) is 4.79 Å². The van der Waals surface area contributed by atoms with Gasteiger partial charge in [0.1, 0.15) is 4.32 Å². The van der Waals surface area contributed by atoms with Crippen LogP contribution >= 0.6 is 24.0 Å². The van der Waals surface area contributed by atoms with Crippen LogP contribution in [0, 0.1) is 11.6 Å². The van der Waals surface area contributed by atoms with Crippen molar-refractivity contribution in [2.24, 2.45) is 0 Å². The Morgan fingerprint density at radius 2 is 1.88 bits per heavy atom. The highest BCUT2D eigenvalue weighted by Gasteiger charge is 2.23. The van der Waals surface area contributed by atoms with Crippen molar-refractivity contribution in [2.45, 2.75) is 0 Å². The molecule has 2 aromatic carbocycles. The smallest absolute Gasteiger partial charge is 0.263 e. The molecule has 2 aromatic rings. The van der Waals surface area contributed by atoms with Gasteiger partial charge in [0.2, 0.25) is 0 Å². The molecule has 0 radical (unpaired) electrons. The number of benzene rings is 2. The Hall–Kier alpha value is -2.45. The third-order valence-electron chi connectivity index (χ3n) is 3.67. The lowest BCUT2D eigenvalue weighted by molar-refractivity contribution is -0.115. The molecule has 0 atom stereocenters. The minimum Gasteiger partial charge on any atom is -0.493 e. The van der Waals surface area contributed by atoms with Crippen molar-refractivity contribution >= 4 is 40.3 Å². The molecular formula is C18H13F2NO3S2. The number of halogens is 2. The summed E-state index contributed by atoms with van der Waals surface area (Å²) in [6.07, 6.45) is 1.64. The molecule has 0 saturated carbocycles. The Balaban J connectivity index is 2.16. The second-order valence-electron chi connectivity index (χ2n) is 5.29. The van der Waals surface area contributed by atoms with E-state index in [9.17, 15) is 13.6 Å². The Morgan fingerprint density at radius 3 is 2.46 bits per heavy atom. The Bertz CT molecular complexity index is 944. The summed E-state index contributed by atoms with van der Waals surface area (Å²) in [7, 11) is 2.92. The minimum absolute atomic E-state index is 0.288. The standard InChI is InChI=1S/C18H13F2NO3S2/c1-23-14-6-9(7-15-17(22)21-18(25)26-15)5-11(16(14)24-2)10-3-4-12(19)13(20)8-10/h3-8H,1-2H3,(H,21,22,25). The number of hydrogen-bond donors (Lipinski definition) is 1. The number of rotatable bonds is 4. The average Bonchev–Trinajstić information content (AvgIpc) is 2.93. The number of nitrogens with one attached hydrogen (secondary N) is 1. The van der Waals surface area contributed by atoms with Gasteiger partial charge in [-0.05, 0) is 41.5 Å². The molecule has 1 saturated heterocycles. The first kappa shape index (κ1) is 18.3. The molecule has 1 amide bonds. The maximum absolute atomic E-state index is 13.7. The van der Waals surface area contributed by atoms with Crippen molar-refractivity contribution in [3.05, 3.63) is 52.4 Å². The summed E-state index contributed by atoms with van der Waals surface area (Å²) >= 11 is 6.12. The first-order valence-corrected chi connectivity index (χ1v) is 8.61. The number of amides is 1. The number of carbonyl (C=O) groups excluding carboxylic acids is 1. The van der Waals surface area contributed by atoms with Crippen LogP contribution in [0.5, 0.6) is 11.5 Å². The van der Waals surface area contributed by atoms with Gasteiger partial charge in [-0.2, -0.15) is 0 Å². The highest BCUT2D eigenvalue weighted by molar-refractivity contribution is 8.26. The van der Waals surface area contributed by atoms with Crippen molar-refractivity contribution in [3.8, 4) is 22.6 Å². The van der Waals surface area contributed by atoms with Gasteiger partial charge in [-0.25, -0.2) is 8.78 Å². The molecule has 0 aliphatic carbocycles. The number of thiocarbonyl (C=S) groups is 1. The third-order valence-corrected chi connectivity index (χ3v) is 4.83. The van der Waals surface area contributed by atoms with Gasteiger partial charge < -0.3 is 14.8 Å². The van der Waals surface area contributed by atoms with Crippen LogP contribution in [0.15, 0.2) is 35.2 Å². The summed E-state index contributed by atoms with van der Waals surface area (Å²) in [6, 6.07) is 6.95. The SMILES string of the molecule is COc1cc(C=C2SC(=S)NC2=O)cc(-c2ccc(F)c(F)c2)c1OC. The van der Waals surface area contributed by atoms with Crippen molar-refractivity contribution in [1.29, 1.82) is 0 Å². The molecule has 1 aliphatic heterocycles. The normalized spacial score (nSPS) is 15.3. The molecule has 3 rings (SSSR count). The lowest BCUT2D eigenvalue weighted by Crippen LogP contribution is -2.17. The van der Waals surface area contributed by atoms with Crippen molar-refractivity contribution < 1.29 is 23.0 Å². The van der Waals surface area contributed by atoms with E-state index >= 15 is 0 Å². The maximum atomic E-state index is 13.7. The zero-order valence-electron chi connectivity index (χ0n) is 13.8. The van der Waals surface area contributed by atoms with E-state index in [4.69, 9.17) is 21.7 Å². The highest BCUT2D eigenvalue weighted by Crippen LogP contribution is 2.40. The lowest BCUT2D eigenvalue weighted by atomic mass is 10.0. The fraction of sp³-hybridized carbons (Fsp3) is 0.111. The Kier molecular flexibility index (Phi) is 5.24. The number of hydrogen-bond acceptors (Lipinski definition) is 5. The van der Waals surface area contributed by atoms with E-state index in [-0.39, 0.29) is 5.91 Å². The van der Waals surface area contributed by atoms with Crippen LogP contribution in [-0.2, 0) is 4.79 Å². The number of carbonyl (C=O) groups is 1. The Morgan fingerprint density at radius 1 is 1.12 bits per heavy atom. The lowest BCUT2D eigenvalue weighted by Gasteiger charge is -2.15. The predicted molar refractivity (Wildman–Crippen MR) is 101 cm³/mol. The predicted octanol–water partition coefficient (Wildman–Crippen LogP) is 4.14. The number of methoxy groups -OCH3 is 2. The van der Waals surface area contributed by atoms with Crippen LogP contribution in [0.2, 0.25) is 0 Å². The van der Waals surface area contributed by atoms with E-state index in [0.717, 1.165) is 23.9 Å². The summed E-state index contributed by atoms with van der Waals surface area (Å²) in [5, 5.41) is 2.54. The van der Waals surface area contributed by atoms with E-state index in [1.807, 2.05) is 0 Å². The van der Waals surface area contributed by atoms with Gasteiger partial charge >= 0.3 is 0 Å². The van der Waals surface area contributed by atoms with Crippen molar-refractivity contribution in [2.75, 3.05) is 14.2 Å². The molecule has 26 heavy (non-hydrogen) atoms. The fourth-order valence-electron chi connectivity index (χ4n) is 2.52. The van der Waals surface area contributed by atoms with Gasteiger partial charge in [0, 0.05) is 5.56 Å². The summed E-state index contributed by atoms with van der Waals surface area (Å²) in [6.45, 7) is 0. The monoisotopic (exact) mass is 393 g/mol. The molecule has 1 fully saturated rings. The molecular weight excluding hydrogens is 380 g/mol. The molecule has 0 unspecified atom stereocenters. The minimum atomic E-state index is -0.969. The number of ether oxygens (including phenoxy) is 2. The van der Waals surface area contributed by atoms with Gasteiger partial charge in [-0.15, -0.1) is 0 Å². The second kappa shape index (κ2) is 7.43. The molecule has 1 aliphatic rings. The van der Waals surface area contributed by atoms with E-state index in [0.29, 0.717) is 37.4 Å². The van der Waals surface area contributed by atoms with Crippen LogP contribution in [0.3, 0.4) is 0 Å². The van der Waals surface area contributed by atoms with E-state index in [1.165, 1.54) is 20.3 Å². The topological polar surface area (TPSA) is 47.6 Å². The molecule has 0 aromatic heterocycles. The molecule has 8 heteroatoms. The van der Waals surface area contributed by atoms with Gasteiger partial charge in [0.15, 0.2) is 23.1 Å². The third kappa shape index (κ3) is 3.56. The quantitative estimate of drug-likeness (QED) is 0.625. The second-order valence-corrected chi connectivity index (χ2v) is 7.00. The zero-order chi connectivity index (χ0) is 18.8. The molecule has 0 spiro atoms. The zero-order valence-corrected chi connectivity index (χ0v) is 15.4. The average molecular weight is 393 g/mol. The largest absolute Gasteiger partial charge is 0.493 e. The van der Waals surface area contributed by atoms with Crippen LogP contribution in [-0.4, -0.2) is 24.4 Å². The molecule has 134 valence electrons. The van der Waals surface area contributed by atoms with Gasteiger partial charge in [-0.1, -0.05) is 30.0 Å². The van der Waals surface area contributed by atoms with E-state index in [2.05, 4.69) is 5.32 Å². The Labute approximate surface area is 158 Å². The van der Waals surface area contributed by atoms with Crippen molar-refractivity contribution in [3.63, 3.8) is 0 Å². The molecule has 1 heterocycles. The first-order chi connectivity index (χ1) is 12.4. The van der Waals surface area contributed by atoms with Crippen LogP contribution < -0.4 is 14.8 Å². The summed E-state index contributed by atoms with van der Waals surface area (Å²) in [5.74, 6) is -1.43. The molecule has 0 bridgehead atoms. The fourth-order valence-corrected chi connectivity index (χ4v) is 3.56. The van der Waals surface area contributed by atoms with Crippen LogP contribution in [0.4, 0.5) is 8.78 Å². The number of thioether (sulfide) groups is 1. The highest BCUT2D eigenvalue weighted by atomic mass is 32.2. The van der Waals surface area contributed by atoms with E-state index < -0.39 is 11.6 Å².